The summed E-state index contributed by atoms with van der Waals surface area (Å²) in [6, 6.07) is 13.6. The van der Waals surface area contributed by atoms with E-state index in [0.29, 0.717) is 23.6 Å². The van der Waals surface area contributed by atoms with Gasteiger partial charge in [0.05, 0.1) is 32.9 Å². The standard InChI is InChI=1S/C21H26N2O3/c1-25-18-9-10-20(26-2)19(13-18)21(24)22-14-16-7-3-4-8-17(16)15-23-11-5-6-12-23/h3-4,7-10,13H,5-6,11-12,14-15H2,1-2H3,(H,22,24)/p+1. The lowest BCUT2D eigenvalue weighted by molar-refractivity contribution is -0.901. The molecule has 1 heterocycles. The number of nitrogens with one attached hydrogen (secondary N) is 2. The smallest absolute Gasteiger partial charge is 0.255 e. The van der Waals surface area contributed by atoms with Crippen molar-refractivity contribution in [3.8, 4) is 11.5 Å². The van der Waals surface area contributed by atoms with Crippen LogP contribution in [-0.4, -0.2) is 33.2 Å². The maximum atomic E-state index is 12.7. The first kappa shape index (κ1) is 18.3. The van der Waals surface area contributed by atoms with Crippen LogP contribution >= 0.6 is 0 Å². The molecule has 0 bridgehead atoms. The fraction of sp³-hybridized carbons (Fsp3) is 0.381. The lowest BCUT2D eigenvalue weighted by Crippen LogP contribution is -3.08. The summed E-state index contributed by atoms with van der Waals surface area (Å²) < 4.78 is 10.5. The fourth-order valence-corrected chi connectivity index (χ4v) is 3.49. The van der Waals surface area contributed by atoms with Crippen molar-refractivity contribution in [2.75, 3.05) is 27.3 Å². The summed E-state index contributed by atoms with van der Waals surface area (Å²) in [6.45, 7) is 4.00. The van der Waals surface area contributed by atoms with Gasteiger partial charge in [-0.3, -0.25) is 4.79 Å². The lowest BCUT2D eigenvalue weighted by Gasteiger charge is -2.16. The van der Waals surface area contributed by atoms with Gasteiger partial charge in [-0.05, 0) is 23.8 Å². The van der Waals surface area contributed by atoms with Crippen LogP contribution in [0.4, 0.5) is 0 Å². The van der Waals surface area contributed by atoms with Crippen molar-refractivity contribution >= 4 is 5.91 Å². The molecule has 0 aromatic heterocycles. The van der Waals surface area contributed by atoms with E-state index >= 15 is 0 Å². The number of likely N-dealkylation sites (tertiary alicyclic amines) is 1. The molecule has 0 atom stereocenters. The van der Waals surface area contributed by atoms with E-state index in [-0.39, 0.29) is 5.91 Å². The zero-order valence-corrected chi connectivity index (χ0v) is 15.5. The van der Waals surface area contributed by atoms with Crippen molar-refractivity contribution in [2.24, 2.45) is 0 Å². The van der Waals surface area contributed by atoms with Crippen molar-refractivity contribution in [1.29, 1.82) is 0 Å². The Labute approximate surface area is 154 Å². The summed E-state index contributed by atoms with van der Waals surface area (Å²) in [6.07, 6.45) is 2.62. The number of ether oxygens (including phenoxy) is 2. The maximum absolute atomic E-state index is 12.7. The van der Waals surface area contributed by atoms with Crippen LogP contribution in [-0.2, 0) is 13.1 Å². The number of amides is 1. The van der Waals surface area contributed by atoms with Crippen molar-refractivity contribution < 1.29 is 19.2 Å². The number of methoxy groups -OCH3 is 2. The van der Waals surface area contributed by atoms with E-state index in [1.165, 1.54) is 37.1 Å². The Morgan fingerprint density at radius 2 is 1.77 bits per heavy atom. The summed E-state index contributed by atoms with van der Waals surface area (Å²) in [5, 5.41) is 3.02. The molecule has 0 unspecified atom stereocenters. The minimum Gasteiger partial charge on any atom is -0.497 e. The molecule has 0 spiro atoms. The van der Waals surface area contributed by atoms with Crippen LogP contribution in [0.1, 0.15) is 34.3 Å². The van der Waals surface area contributed by atoms with Crippen molar-refractivity contribution in [3.63, 3.8) is 0 Å². The lowest BCUT2D eigenvalue weighted by atomic mass is 10.1. The number of rotatable bonds is 7. The van der Waals surface area contributed by atoms with Crippen LogP contribution in [0.15, 0.2) is 42.5 Å². The highest BCUT2D eigenvalue weighted by atomic mass is 16.5. The molecule has 2 aromatic rings. The number of hydrogen-bond donors (Lipinski definition) is 2. The summed E-state index contributed by atoms with van der Waals surface area (Å²) in [4.78, 5) is 14.3. The predicted octanol–water partition coefficient (Wildman–Crippen LogP) is 1.81. The van der Waals surface area contributed by atoms with E-state index in [1.807, 2.05) is 6.07 Å². The first-order valence-electron chi connectivity index (χ1n) is 9.12. The van der Waals surface area contributed by atoms with Gasteiger partial charge in [-0.25, -0.2) is 0 Å². The Kier molecular flexibility index (Phi) is 6.12. The van der Waals surface area contributed by atoms with E-state index < -0.39 is 0 Å². The second kappa shape index (κ2) is 8.72. The van der Waals surface area contributed by atoms with Crippen LogP contribution in [0.2, 0.25) is 0 Å². The largest absolute Gasteiger partial charge is 0.497 e. The van der Waals surface area contributed by atoms with E-state index in [4.69, 9.17) is 9.47 Å². The van der Waals surface area contributed by atoms with Crippen LogP contribution in [0.3, 0.4) is 0 Å². The summed E-state index contributed by atoms with van der Waals surface area (Å²) in [5.74, 6) is 1.01. The van der Waals surface area contributed by atoms with Crippen molar-refractivity contribution in [3.05, 3.63) is 59.2 Å². The molecule has 1 aliphatic heterocycles. The summed E-state index contributed by atoms with van der Waals surface area (Å²) in [5.41, 5.74) is 2.96. The van der Waals surface area contributed by atoms with Crippen molar-refractivity contribution in [2.45, 2.75) is 25.9 Å². The van der Waals surface area contributed by atoms with Crippen LogP contribution in [0.25, 0.3) is 0 Å². The molecule has 2 aromatic carbocycles. The molecule has 3 rings (SSSR count). The number of hydrogen-bond acceptors (Lipinski definition) is 3. The highest BCUT2D eigenvalue weighted by Gasteiger charge is 2.18. The predicted molar refractivity (Wildman–Crippen MR) is 101 cm³/mol. The van der Waals surface area contributed by atoms with E-state index in [9.17, 15) is 4.79 Å². The van der Waals surface area contributed by atoms with Gasteiger partial charge >= 0.3 is 0 Å². The Morgan fingerprint density at radius 3 is 2.46 bits per heavy atom. The molecule has 1 saturated heterocycles. The SMILES string of the molecule is COc1ccc(OC)c(C(=O)NCc2ccccc2C[NH+]2CCCC2)c1. The number of quaternary nitrogens is 1. The fourth-order valence-electron chi connectivity index (χ4n) is 3.49. The third-order valence-electron chi connectivity index (χ3n) is 4.96. The monoisotopic (exact) mass is 355 g/mol. The molecular formula is C21H27N2O3+. The topological polar surface area (TPSA) is 52.0 Å². The first-order chi connectivity index (χ1) is 12.7. The van der Waals surface area contributed by atoms with Gasteiger partial charge in [0.1, 0.15) is 18.0 Å². The molecule has 1 amide bonds. The Balaban J connectivity index is 1.70. The zero-order chi connectivity index (χ0) is 18.4. The third-order valence-corrected chi connectivity index (χ3v) is 4.96. The van der Waals surface area contributed by atoms with Gasteiger partial charge in [-0.2, -0.15) is 0 Å². The maximum Gasteiger partial charge on any atom is 0.255 e. The molecule has 26 heavy (non-hydrogen) atoms. The highest BCUT2D eigenvalue weighted by molar-refractivity contribution is 5.97. The molecular weight excluding hydrogens is 328 g/mol. The van der Waals surface area contributed by atoms with E-state index in [1.54, 1.807) is 37.3 Å². The van der Waals surface area contributed by atoms with Gasteiger partial charge in [-0.15, -0.1) is 0 Å². The normalized spacial score (nSPS) is 14.2. The Bertz CT molecular complexity index is 755. The van der Waals surface area contributed by atoms with Gasteiger partial charge in [0, 0.05) is 24.9 Å². The highest BCUT2D eigenvalue weighted by Crippen LogP contribution is 2.24. The Morgan fingerprint density at radius 1 is 1.04 bits per heavy atom. The summed E-state index contributed by atoms with van der Waals surface area (Å²) >= 11 is 0. The molecule has 1 aliphatic rings. The van der Waals surface area contributed by atoms with Gasteiger partial charge < -0.3 is 19.7 Å². The van der Waals surface area contributed by atoms with Gasteiger partial charge in [-0.1, -0.05) is 24.3 Å². The van der Waals surface area contributed by atoms with Crippen LogP contribution in [0.5, 0.6) is 11.5 Å². The zero-order valence-electron chi connectivity index (χ0n) is 15.5. The van der Waals surface area contributed by atoms with Gasteiger partial charge in [0.25, 0.3) is 5.91 Å². The second-order valence-corrected chi connectivity index (χ2v) is 6.65. The van der Waals surface area contributed by atoms with Crippen LogP contribution < -0.4 is 19.7 Å². The van der Waals surface area contributed by atoms with Gasteiger partial charge in [0.15, 0.2) is 0 Å². The number of carbonyl (C=O) groups excluding carboxylic acids is 1. The second-order valence-electron chi connectivity index (χ2n) is 6.65. The van der Waals surface area contributed by atoms with E-state index in [0.717, 1.165) is 6.54 Å². The van der Waals surface area contributed by atoms with Gasteiger partial charge in [0.2, 0.25) is 0 Å². The number of carbonyl (C=O) groups is 1. The molecule has 1 fully saturated rings. The molecule has 5 heteroatoms. The van der Waals surface area contributed by atoms with Crippen molar-refractivity contribution in [1.82, 2.24) is 5.32 Å². The molecule has 0 radical (unpaired) electrons. The molecule has 0 aliphatic carbocycles. The summed E-state index contributed by atoms with van der Waals surface area (Å²) in [7, 11) is 3.15. The molecule has 2 N–H and O–H groups in total. The average molecular weight is 355 g/mol. The van der Waals surface area contributed by atoms with E-state index in [2.05, 4.69) is 23.5 Å². The number of benzene rings is 2. The minimum atomic E-state index is -0.163. The molecule has 0 saturated carbocycles. The average Bonchev–Trinajstić information content (AvgIpc) is 3.19. The third kappa shape index (κ3) is 4.35. The first-order valence-corrected chi connectivity index (χ1v) is 9.12. The van der Waals surface area contributed by atoms with Crippen LogP contribution in [0, 0.1) is 0 Å². The quantitative estimate of drug-likeness (QED) is 0.797. The Hall–Kier alpha value is -2.53. The molecule has 5 nitrogen and oxygen atoms in total. The minimum absolute atomic E-state index is 0.163. The molecule has 138 valence electrons.